The van der Waals surface area contributed by atoms with Crippen LogP contribution in [0.2, 0.25) is 0 Å². The zero-order valence-corrected chi connectivity index (χ0v) is 10.2. The number of para-hydroxylation sites is 1. The number of nitrogens with two attached hydrogens (primary N) is 1. The highest BCUT2D eigenvalue weighted by molar-refractivity contribution is 5.45. The smallest absolute Gasteiger partial charge is 0.290 e. The Morgan fingerprint density at radius 2 is 1.88 bits per heavy atom. The molecule has 0 unspecified atom stereocenters. The molecule has 0 bridgehead atoms. The number of aromatic nitrogens is 2. The average molecular weight is 231 g/mol. The molecule has 0 amide bonds. The summed E-state index contributed by atoms with van der Waals surface area (Å²) in [4.78, 5) is 12.0. The largest absolute Gasteiger partial charge is 0.393 e. The third kappa shape index (κ3) is 1.86. The van der Waals surface area contributed by atoms with Gasteiger partial charge < -0.3 is 5.73 Å². The van der Waals surface area contributed by atoms with Gasteiger partial charge in [0.1, 0.15) is 5.69 Å². The minimum atomic E-state index is -0.104. The molecule has 1 heterocycles. The van der Waals surface area contributed by atoms with Gasteiger partial charge >= 0.3 is 0 Å². The van der Waals surface area contributed by atoms with Crippen molar-refractivity contribution in [3.05, 3.63) is 46.4 Å². The van der Waals surface area contributed by atoms with Crippen molar-refractivity contribution in [3.8, 4) is 5.69 Å². The van der Waals surface area contributed by atoms with E-state index in [1.54, 1.807) is 4.68 Å². The van der Waals surface area contributed by atoms with Gasteiger partial charge in [0.15, 0.2) is 0 Å². The van der Waals surface area contributed by atoms with Gasteiger partial charge in [-0.05, 0) is 25.5 Å². The maximum atomic E-state index is 12.0. The Hall–Kier alpha value is -1.97. The second kappa shape index (κ2) is 4.49. The van der Waals surface area contributed by atoms with Gasteiger partial charge in [0, 0.05) is 6.54 Å². The first-order chi connectivity index (χ1) is 8.16. The van der Waals surface area contributed by atoms with Gasteiger partial charge in [-0.2, -0.15) is 0 Å². The zero-order valence-electron chi connectivity index (χ0n) is 10.2. The lowest BCUT2D eigenvalue weighted by Gasteiger charge is -2.12. The van der Waals surface area contributed by atoms with E-state index < -0.39 is 0 Å². The minimum Gasteiger partial charge on any atom is -0.393 e. The van der Waals surface area contributed by atoms with Crippen LogP contribution in [-0.2, 0) is 6.54 Å². The topological polar surface area (TPSA) is 52.9 Å². The maximum Gasteiger partial charge on any atom is 0.290 e. The van der Waals surface area contributed by atoms with E-state index in [2.05, 4.69) is 0 Å². The van der Waals surface area contributed by atoms with E-state index in [-0.39, 0.29) is 5.56 Å². The van der Waals surface area contributed by atoms with Crippen molar-refractivity contribution in [2.75, 3.05) is 5.73 Å². The Morgan fingerprint density at radius 1 is 1.24 bits per heavy atom. The summed E-state index contributed by atoms with van der Waals surface area (Å²) in [7, 11) is 0. The first-order valence-electron chi connectivity index (χ1n) is 5.80. The van der Waals surface area contributed by atoms with Crippen LogP contribution in [0.5, 0.6) is 0 Å². The van der Waals surface area contributed by atoms with Crippen molar-refractivity contribution in [1.29, 1.82) is 0 Å². The second-order valence-electron chi connectivity index (χ2n) is 4.07. The quantitative estimate of drug-likeness (QED) is 0.877. The Morgan fingerprint density at radius 3 is 2.47 bits per heavy atom. The molecule has 0 aliphatic carbocycles. The number of nitrogens with zero attached hydrogens (tertiary/aromatic N) is 2. The third-order valence-electron chi connectivity index (χ3n) is 2.85. The summed E-state index contributed by atoms with van der Waals surface area (Å²) in [5.41, 5.74) is 7.81. The van der Waals surface area contributed by atoms with Crippen molar-refractivity contribution in [3.63, 3.8) is 0 Å². The maximum absolute atomic E-state index is 12.0. The molecule has 2 rings (SSSR count). The number of hydrogen-bond donors (Lipinski definition) is 1. The zero-order chi connectivity index (χ0) is 12.4. The van der Waals surface area contributed by atoms with E-state index in [9.17, 15) is 4.79 Å². The van der Waals surface area contributed by atoms with Crippen molar-refractivity contribution in [2.24, 2.45) is 0 Å². The normalized spacial score (nSPS) is 10.7. The number of anilines is 1. The van der Waals surface area contributed by atoms with Crippen LogP contribution < -0.4 is 11.3 Å². The molecule has 1 aromatic heterocycles. The lowest BCUT2D eigenvalue weighted by molar-refractivity contribution is 0.522. The van der Waals surface area contributed by atoms with E-state index in [0.29, 0.717) is 12.2 Å². The van der Waals surface area contributed by atoms with Crippen LogP contribution in [0.3, 0.4) is 0 Å². The molecule has 0 saturated carbocycles. The highest BCUT2D eigenvalue weighted by Gasteiger charge is 2.14. The van der Waals surface area contributed by atoms with Crippen LogP contribution in [0, 0.1) is 6.92 Å². The van der Waals surface area contributed by atoms with Crippen LogP contribution in [-0.4, -0.2) is 9.36 Å². The van der Waals surface area contributed by atoms with Crippen LogP contribution >= 0.6 is 0 Å². The van der Waals surface area contributed by atoms with E-state index in [0.717, 1.165) is 17.8 Å². The summed E-state index contributed by atoms with van der Waals surface area (Å²) in [6.07, 6.45) is 0.898. The molecule has 1 aromatic carbocycles. The van der Waals surface area contributed by atoms with Gasteiger partial charge in [-0.3, -0.25) is 9.48 Å². The molecule has 0 fully saturated rings. The van der Waals surface area contributed by atoms with Gasteiger partial charge in [0.2, 0.25) is 0 Å². The van der Waals surface area contributed by atoms with Crippen molar-refractivity contribution in [1.82, 2.24) is 9.36 Å². The number of rotatable bonds is 3. The van der Waals surface area contributed by atoms with Crippen molar-refractivity contribution >= 4 is 5.69 Å². The van der Waals surface area contributed by atoms with Crippen molar-refractivity contribution in [2.45, 2.75) is 26.8 Å². The average Bonchev–Trinajstić information content (AvgIpc) is 2.56. The third-order valence-corrected chi connectivity index (χ3v) is 2.85. The first kappa shape index (κ1) is 11.5. The molecule has 0 saturated heterocycles. The van der Waals surface area contributed by atoms with E-state index >= 15 is 0 Å². The van der Waals surface area contributed by atoms with Crippen LogP contribution in [0.1, 0.15) is 19.0 Å². The standard InChI is InChI=1S/C13H17N3O/c1-3-9-15-13(17)12(14)10(2)16(15)11-7-5-4-6-8-11/h4-8H,3,9,14H2,1-2H3. The molecule has 2 aromatic rings. The Labute approximate surface area is 100 Å². The molecule has 4 nitrogen and oxygen atoms in total. The predicted molar refractivity (Wildman–Crippen MR) is 69.5 cm³/mol. The van der Waals surface area contributed by atoms with Gasteiger partial charge in [-0.15, -0.1) is 0 Å². The second-order valence-corrected chi connectivity index (χ2v) is 4.07. The molecule has 0 aliphatic rings. The molecule has 0 spiro atoms. The van der Waals surface area contributed by atoms with Gasteiger partial charge in [0.05, 0.1) is 11.4 Å². The fourth-order valence-corrected chi connectivity index (χ4v) is 2.00. The molecule has 17 heavy (non-hydrogen) atoms. The first-order valence-corrected chi connectivity index (χ1v) is 5.80. The summed E-state index contributed by atoms with van der Waals surface area (Å²) >= 11 is 0. The molecule has 0 atom stereocenters. The van der Waals surface area contributed by atoms with E-state index in [4.69, 9.17) is 5.73 Å². The molecule has 0 aliphatic heterocycles. The van der Waals surface area contributed by atoms with Crippen LogP contribution in [0.4, 0.5) is 5.69 Å². The highest BCUT2D eigenvalue weighted by Crippen LogP contribution is 2.14. The molecule has 4 heteroatoms. The molecule has 0 radical (unpaired) electrons. The molecule has 2 N–H and O–H groups in total. The molecule has 90 valence electrons. The number of benzene rings is 1. The fraction of sp³-hybridized carbons (Fsp3) is 0.308. The minimum absolute atomic E-state index is 0.104. The van der Waals surface area contributed by atoms with Gasteiger partial charge in [-0.1, -0.05) is 25.1 Å². The van der Waals surface area contributed by atoms with E-state index in [1.807, 2.05) is 48.9 Å². The Kier molecular flexibility index (Phi) is 3.04. The van der Waals surface area contributed by atoms with Crippen LogP contribution in [0.15, 0.2) is 35.1 Å². The Bertz CT molecular complexity index is 566. The summed E-state index contributed by atoms with van der Waals surface area (Å²) in [5, 5.41) is 0. The number of hydrogen-bond acceptors (Lipinski definition) is 2. The predicted octanol–water partition coefficient (Wildman–Crippen LogP) is 1.94. The van der Waals surface area contributed by atoms with Crippen LogP contribution in [0.25, 0.3) is 5.69 Å². The molecular weight excluding hydrogens is 214 g/mol. The van der Waals surface area contributed by atoms with Crippen molar-refractivity contribution < 1.29 is 0 Å². The van der Waals surface area contributed by atoms with Gasteiger partial charge in [-0.25, -0.2) is 4.68 Å². The van der Waals surface area contributed by atoms with Gasteiger partial charge in [0.25, 0.3) is 5.56 Å². The lowest BCUT2D eigenvalue weighted by Crippen LogP contribution is -2.23. The molecular formula is C13H17N3O. The highest BCUT2D eigenvalue weighted by atomic mass is 16.1. The SMILES string of the molecule is CCCn1c(=O)c(N)c(C)n1-c1ccccc1. The van der Waals surface area contributed by atoms with E-state index in [1.165, 1.54) is 0 Å². The summed E-state index contributed by atoms with van der Waals surface area (Å²) in [6.45, 7) is 4.59. The summed E-state index contributed by atoms with van der Waals surface area (Å²) in [5.74, 6) is 0. The monoisotopic (exact) mass is 231 g/mol. The fourth-order valence-electron chi connectivity index (χ4n) is 2.00. The lowest BCUT2D eigenvalue weighted by atomic mass is 10.3. The summed E-state index contributed by atoms with van der Waals surface area (Å²) in [6, 6.07) is 9.79. The number of nitrogen functional groups attached to an aromatic ring is 1. The Balaban J connectivity index is 2.68. The summed E-state index contributed by atoms with van der Waals surface area (Å²) < 4.78 is 3.58.